The summed E-state index contributed by atoms with van der Waals surface area (Å²) in [5, 5.41) is 12.7. The summed E-state index contributed by atoms with van der Waals surface area (Å²) >= 11 is 1.42. The lowest BCUT2D eigenvalue weighted by Gasteiger charge is -2.08. The molecule has 4 rings (SSSR count). The zero-order valence-electron chi connectivity index (χ0n) is 17.9. The maximum Gasteiger partial charge on any atom is 0.330 e. The molecule has 0 fully saturated rings. The van der Waals surface area contributed by atoms with Gasteiger partial charge in [-0.15, -0.1) is 5.10 Å². The zero-order valence-corrected chi connectivity index (χ0v) is 18.7. The number of unbranched alkanes of at least 4 members (excludes halogenated alkanes) is 1. The Morgan fingerprint density at radius 2 is 2.00 bits per heavy atom. The lowest BCUT2D eigenvalue weighted by Crippen LogP contribution is -2.31. The normalized spacial score (nSPS) is 11.5. The van der Waals surface area contributed by atoms with Crippen LogP contribution in [0.1, 0.15) is 36.7 Å². The molecule has 0 atom stereocenters. The molecule has 0 amide bonds. The number of nitrogens with zero attached hydrogens (tertiary/aromatic N) is 7. The lowest BCUT2D eigenvalue weighted by atomic mass is 10.1. The number of aryl methyl sites for hydroxylation is 4. The van der Waals surface area contributed by atoms with E-state index in [0.29, 0.717) is 34.4 Å². The van der Waals surface area contributed by atoms with Gasteiger partial charge in [-0.3, -0.25) is 14.3 Å². The molecule has 0 aliphatic rings. The Hall–Kier alpha value is -3.21. The molecule has 3 heterocycles. The number of imidazole rings is 1. The summed E-state index contributed by atoms with van der Waals surface area (Å²) < 4.78 is 4.97. The Bertz CT molecular complexity index is 1360. The van der Waals surface area contributed by atoms with Crippen LogP contribution in [0.25, 0.3) is 16.9 Å². The minimum atomic E-state index is -0.431. The Labute approximate surface area is 182 Å². The first-order valence-electron chi connectivity index (χ1n) is 10.1. The molecule has 0 saturated carbocycles. The molecule has 11 heteroatoms. The number of thioether (sulfide) groups is 1. The third-order valence-electron chi connectivity index (χ3n) is 5.19. The first-order valence-corrected chi connectivity index (χ1v) is 11.1. The van der Waals surface area contributed by atoms with Crippen LogP contribution in [0.2, 0.25) is 0 Å². The van der Waals surface area contributed by atoms with Crippen LogP contribution >= 0.6 is 11.8 Å². The van der Waals surface area contributed by atoms with E-state index in [1.807, 2.05) is 32.9 Å². The summed E-state index contributed by atoms with van der Waals surface area (Å²) in [5.74, 6) is 1.11. The number of hydrogen-bond acceptors (Lipinski definition) is 7. The number of aromatic amines is 1. The molecule has 0 radical (unpaired) electrons. The van der Waals surface area contributed by atoms with Gasteiger partial charge in [-0.05, 0) is 42.3 Å². The van der Waals surface area contributed by atoms with E-state index in [9.17, 15) is 9.59 Å². The number of hydrogen-bond donors (Lipinski definition) is 1. The van der Waals surface area contributed by atoms with Gasteiger partial charge in [0.15, 0.2) is 11.2 Å². The second-order valence-corrected chi connectivity index (χ2v) is 8.42. The van der Waals surface area contributed by atoms with E-state index in [1.165, 1.54) is 21.9 Å². The zero-order chi connectivity index (χ0) is 22.1. The smallest absolute Gasteiger partial charge is 0.325 e. The van der Waals surface area contributed by atoms with Gasteiger partial charge < -0.3 is 4.57 Å². The second kappa shape index (κ2) is 8.50. The first kappa shape index (κ1) is 21.0. The van der Waals surface area contributed by atoms with Crippen LogP contribution in [0.4, 0.5) is 0 Å². The highest BCUT2D eigenvalue weighted by Gasteiger charge is 2.18. The summed E-state index contributed by atoms with van der Waals surface area (Å²) in [7, 11) is 1.78. The SMILES string of the molecule is CCCCn1c(=O)[nH]c(=O)c2c1nc(CSc1nnnn1-c1ccc(C)cc1C)n2C. The maximum absolute atomic E-state index is 12.4. The fraction of sp³-hybridized carbons (Fsp3) is 0.400. The van der Waals surface area contributed by atoms with Crippen molar-refractivity contribution in [1.82, 2.24) is 39.3 Å². The number of benzene rings is 1. The largest absolute Gasteiger partial charge is 0.330 e. The van der Waals surface area contributed by atoms with E-state index in [-0.39, 0.29) is 0 Å². The van der Waals surface area contributed by atoms with Crippen LogP contribution in [0.3, 0.4) is 0 Å². The molecular weight excluding hydrogens is 416 g/mol. The molecule has 1 N–H and O–H groups in total. The van der Waals surface area contributed by atoms with Crippen molar-refractivity contribution < 1.29 is 0 Å². The van der Waals surface area contributed by atoms with E-state index in [1.54, 1.807) is 16.3 Å². The molecule has 31 heavy (non-hydrogen) atoms. The number of H-pyrrole nitrogens is 1. The second-order valence-electron chi connectivity index (χ2n) is 7.48. The van der Waals surface area contributed by atoms with Crippen molar-refractivity contribution in [2.45, 2.75) is 51.1 Å². The average Bonchev–Trinajstić information content (AvgIpc) is 3.31. The summed E-state index contributed by atoms with van der Waals surface area (Å²) in [6.07, 6.45) is 1.76. The molecule has 0 unspecified atom stereocenters. The van der Waals surface area contributed by atoms with E-state index >= 15 is 0 Å². The summed E-state index contributed by atoms with van der Waals surface area (Å²) in [5.41, 5.74) is 3.09. The van der Waals surface area contributed by atoms with Gasteiger partial charge in [0.05, 0.1) is 11.4 Å². The number of rotatable bonds is 7. The minimum Gasteiger partial charge on any atom is -0.325 e. The topological polar surface area (TPSA) is 116 Å². The van der Waals surface area contributed by atoms with Crippen molar-refractivity contribution in [2.24, 2.45) is 7.05 Å². The highest BCUT2D eigenvalue weighted by atomic mass is 32.2. The summed E-state index contributed by atoms with van der Waals surface area (Å²) in [6, 6.07) is 6.09. The molecule has 4 aromatic rings. The molecule has 0 aliphatic heterocycles. The van der Waals surface area contributed by atoms with Crippen LogP contribution in [0.5, 0.6) is 0 Å². The van der Waals surface area contributed by atoms with E-state index < -0.39 is 11.2 Å². The van der Waals surface area contributed by atoms with Crippen LogP contribution in [0, 0.1) is 13.8 Å². The van der Waals surface area contributed by atoms with Crippen molar-refractivity contribution in [3.8, 4) is 5.69 Å². The summed E-state index contributed by atoms with van der Waals surface area (Å²) in [6.45, 7) is 6.62. The monoisotopic (exact) mass is 440 g/mol. The van der Waals surface area contributed by atoms with E-state index in [4.69, 9.17) is 0 Å². The molecule has 0 bridgehead atoms. The summed E-state index contributed by atoms with van der Waals surface area (Å²) in [4.78, 5) is 31.8. The van der Waals surface area contributed by atoms with Gasteiger partial charge in [-0.2, -0.15) is 4.68 Å². The van der Waals surface area contributed by atoms with Crippen molar-refractivity contribution in [2.75, 3.05) is 0 Å². The third-order valence-corrected chi connectivity index (χ3v) is 6.11. The van der Waals surface area contributed by atoms with Crippen molar-refractivity contribution in [1.29, 1.82) is 0 Å². The van der Waals surface area contributed by atoms with Crippen molar-refractivity contribution in [3.05, 3.63) is 56.0 Å². The standard InChI is InChI=1S/C20H24N8O2S/c1-5-6-9-27-17-16(18(29)22-19(27)30)26(4)15(21-17)11-31-20-23-24-25-28(20)14-8-7-12(2)10-13(14)3/h7-8,10H,5-6,9,11H2,1-4H3,(H,22,29,30). The van der Waals surface area contributed by atoms with E-state index in [2.05, 4.69) is 31.6 Å². The molecule has 0 saturated heterocycles. The van der Waals surface area contributed by atoms with Crippen molar-refractivity contribution >= 4 is 22.9 Å². The molecule has 10 nitrogen and oxygen atoms in total. The van der Waals surface area contributed by atoms with Gasteiger partial charge in [0, 0.05) is 13.6 Å². The minimum absolute atomic E-state index is 0.389. The molecule has 0 spiro atoms. The van der Waals surface area contributed by atoms with Gasteiger partial charge in [-0.1, -0.05) is 42.8 Å². The molecule has 0 aliphatic carbocycles. The molecular formula is C20H24N8O2S. The first-order chi connectivity index (χ1) is 14.9. The fourth-order valence-corrected chi connectivity index (χ4v) is 4.40. The number of aromatic nitrogens is 8. The predicted octanol–water partition coefficient (Wildman–Crippen LogP) is 2.11. The predicted molar refractivity (Wildman–Crippen MR) is 119 cm³/mol. The number of nitrogens with one attached hydrogen (secondary N) is 1. The Morgan fingerprint density at radius 3 is 2.74 bits per heavy atom. The molecule has 1 aromatic carbocycles. The Morgan fingerprint density at radius 1 is 1.19 bits per heavy atom. The van der Waals surface area contributed by atoms with Gasteiger partial charge in [0.2, 0.25) is 5.16 Å². The quantitative estimate of drug-likeness (QED) is 0.438. The Kier molecular flexibility index (Phi) is 5.77. The third kappa shape index (κ3) is 3.92. The molecule has 162 valence electrons. The van der Waals surface area contributed by atoms with Gasteiger partial charge in [-0.25, -0.2) is 9.78 Å². The van der Waals surface area contributed by atoms with Crippen LogP contribution < -0.4 is 11.2 Å². The highest BCUT2D eigenvalue weighted by Crippen LogP contribution is 2.25. The average molecular weight is 441 g/mol. The van der Waals surface area contributed by atoms with Gasteiger partial charge in [0.25, 0.3) is 5.56 Å². The molecule has 3 aromatic heterocycles. The maximum atomic E-state index is 12.4. The van der Waals surface area contributed by atoms with Gasteiger partial charge in [0.1, 0.15) is 5.82 Å². The Balaban J connectivity index is 1.67. The van der Waals surface area contributed by atoms with Gasteiger partial charge >= 0.3 is 5.69 Å². The van der Waals surface area contributed by atoms with Crippen LogP contribution in [-0.4, -0.2) is 39.3 Å². The van der Waals surface area contributed by atoms with Crippen LogP contribution in [0.15, 0.2) is 32.9 Å². The fourth-order valence-electron chi connectivity index (χ4n) is 3.54. The van der Waals surface area contributed by atoms with Crippen molar-refractivity contribution in [3.63, 3.8) is 0 Å². The lowest BCUT2D eigenvalue weighted by molar-refractivity contribution is 0.613. The highest BCUT2D eigenvalue weighted by molar-refractivity contribution is 7.98. The number of fused-ring (bicyclic) bond motifs is 1. The van der Waals surface area contributed by atoms with Crippen LogP contribution in [-0.2, 0) is 19.3 Å². The number of tetrazole rings is 1. The van der Waals surface area contributed by atoms with E-state index in [0.717, 1.165) is 24.1 Å².